The van der Waals surface area contributed by atoms with Crippen molar-refractivity contribution >= 4 is 11.9 Å². The first-order valence-electron chi connectivity index (χ1n) is 7.95. The Labute approximate surface area is 146 Å². The molecule has 0 aromatic carbocycles. The first kappa shape index (κ1) is 18.6. The molecule has 0 bridgehead atoms. The highest BCUT2D eigenvalue weighted by Crippen LogP contribution is 2.20. The van der Waals surface area contributed by atoms with E-state index in [4.69, 9.17) is 9.47 Å². The lowest BCUT2D eigenvalue weighted by molar-refractivity contribution is -0.155. The SMILES string of the molecule is CCOC(=O)c1cc(-c2cnc(C)nc2)n(CC(=O)OC(C)(C)C)n1. The van der Waals surface area contributed by atoms with Crippen LogP contribution in [0.4, 0.5) is 0 Å². The lowest BCUT2D eigenvalue weighted by Gasteiger charge is -2.19. The molecule has 0 spiro atoms. The Hall–Kier alpha value is -2.77. The number of hydrogen-bond donors (Lipinski definition) is 0. The number of rotatable bonds is 5. The molecule has 0 N–H and O–H groups in total. The summed E-state index contributed by atoms with van der Waals surface area (Å²) in [7, 11) is 0. The molecule has 0 amide bonds. The van der Waals surface area contributed by atoms with Gasteiger partial charge in [-0.2, -0.15) is 5.10 Å². The highest BCUT2D eigenvalue weighted by molar-refractivity contribution is 5.88. The van der Waals surface area contributed by atoms with Crippen molar-refractivity contribution in [3.05, 3.63) is 30.0 Å². The van der Waals surface area contributed by atoms with Gasteiger partial charge in [0.1, 0.15) is 18.0 Å². The van der Waals surface area contributed by atoms with Gasteiger partial charge in [-0.15, -0.1) is 0 Å². The first-order valence-corrected chi connectivity index (χ1v) is 7.95. The molecule has 0 fully saturated rings. The van der Waals surface area contributed by atoms with E-state index in [9.17, 15) is 9.59 Å². The minimum Gasteiger partial charge on any atom is -0.461 e. The molecule has 2 heterocycles. The number of hydrogen-bond acceptors (Lipinski definition) is 7. The number of aryl methyl sites for hydroxylation is 1. The van der Waals surface area contributed by atoms with E-state index in [1.165, 1.54) is 4.68 Å². The van der Waals surface area contributed by atoms with Crippen LogP contribution in [0.1, 0.15) is 44.0 Å². The van der Waals surface area contributed by atoms with E-state index < -0.39 is 17.5 Å². The van der Waals surface area contributed by atoms with Crippen LogP contribution < -0.4 is 0 Å². The molecule has 0 saturated heterocycles. The summed E-state index contributed by atoms with van der Waals surface area (Å²) >= 11 is 0. The largest absolute Gasteiger partial charge is 0.461 e. The van der Waals surface area contributed by atoms with E-state index in [0.717, 1.165) is 0 Å². The predicted octanol–water partition coefficient (Wildman–Crippen LogP) is 2.17. The summed E-state index contributed by atoms with van der Waals surface area (Å²) in [5.41, 5.74) is 0.675. The molecule has 0 aliphatic heterocycles. The van der Waals surface area contributed by atoms with Crippen molar-refractivity contribution in [1.29, 1.82) is 0 Å². The van der Waals surface area contributed by atoms with Gasteiger partial charge in [0.15, 0.2) is 5.69 Å². The third kappa shape index (κ3) is 5.10. The Morgan fingerprint density at radius 1 is 1.20 bits per heavy atom. The fourth-order valence-electron chi connectivity index (χ4n) is 2.10. The number of nitrogens with zero attached hydrogens (tertiary/aromatic N) is 4. The molecule has 2 rings (SSSR count). The van der Waals surface area contributed by atoms with Crippen molar-refractivity contribution < 1.29 is 19.1 Å². The summed E-state index contributed by atoms with van der Waals surface area (Å²) < 4.78 is 11.7. The van der Waals surface area contributed by atoms with Gasteiger partial charge in [0.25, 0.3) is 0 Å². The standard InChI is InChI=1S/C17H22N4O4/c1-6-24-16(23)13-7-14(12-8-18-11(2)19-9-12)21(20-13)10-15(22)25-17(3,4)5/h7-9H,6,10H2,1-5H3. The molecule has 0 radical (unpaired) electrons. The molecule has 25 heavy (non-hydrogen) atoms. The molecule has 2 aromatic heterocycles. The van der Waals surface area contributed by atoms with Crippen molar-refractivity contribution in [2.75, 3.05) is 6.61 Å². The number of esters is 2. The van der Waals surface area contributed by atoms with Gasteiger partial charge in [0.05, 0.1) is 12.3 Å². The molecule has 2 aromatic rings. The normalized spacial score (nSPS) is 11.2. The van der Waals surface area contributed by atoms with Crippen LogP contribution in [0, 0.1) is 6.92 Å². The van der Waals surface area contributed by atoms with Crippen molar-refractivity contribution in [2.45, 2.75) is 46.8 Å². The lowest BCUT2D eigenvalue weighted by Crippen LogP contribution is -2.27. The zero-order valence-corrected chi connectivity index (χ0v) is 15.1. The van der Waals surface area contributed by atoms with E-state index in [-0.39, 0.29) is 18.8 Å². The van der Waals surface area contributed by atoms with Gasteiger partial charge in [-0.05, 0) is 40.7 Å². The van der Waals surface area contributed by atoms with Gasteiger partial charge in [-0.3, -0.25) is 9.48 Å². The van der Waals surface area contributed by atoms with Gasteiger partial charge in [0, 0.05) is 18.0 Å². The van der Waals surface area contributed by atoms with Crippen LogP contribution in [-0.2, 0) is 20.8 Å². The molecular formula is C17H22N4O4. The highest BCUT2D eigenvalue weighted by atomic mass is 16.6. The Morgan fingerprint density at radius 3 is 2.40 bits per heavy atom. The molecule has 0 atom stereocenters. The second kappa shape index (κ2) is 7.42. The van der Waals surface area contributed by atoms with E-state index >= 15 is 0 Å². The average molecular weight is 346 g/mol. The molecule has 0 aliphatic carbocycles. The Morgan fingerprint density at radius 2 is 1.84 bits per heavy atom. The van der Waals surface area contributed by atoms with Crippen LogP contribution in [0.15, 0.2) is 18.5 Å². The minimum atomic E-state index is -0.610. The number of carbonyl (C=O) groups is 2. The fourth-order valence-corrected chi connectivity index (χ4v) is 2.10. The number of carbonyl (C=O) groups excluding carboxylic acids is 2. The molecule has 0 aliphatic rings. The Bertz CT molecular complexity index is 760. The topological polar surface area (TPSA) is 96.2 Å². The summed E-state index contributed by atoms with van der Waals surface area (Å²) in [4.78, 5) is 32.4. The van der Waals surface area contributed by atoms with Gasteiger partial charge in [0.2, 0.25) is 0 Å². The quantitative estimate of drug-likeness (QED) is 0.765. The third-order valence-corrected chi connectivity index (χ3v) is 3.04. The van der Waals surface area contributed by atoms with Gasteiger partial charge < -0.3 is 9.47 Å². The van der Waals surface area contributed by atoms with Crippen molar-refractivity contribution in [2.24, 2.45) is 0 Å². The van der Waals surface area contributed by atoms with Crippen LogP contribution >= 0.6 is 0 Å². The number of aromatic nitrogens is 4. The molecule has 134 valence electrons. The minimum absolute atomic E-state index is 0.112. The summed E-state index contributed by atoms with van der Waals surface area (Å²) in [5.74, 6) is -0.396. The van der Waals surface area contributed by atoms with E-state index in [1.54, 1.807) is 53.1 Å². The molecule has 0 saturated carbocycles. The van der Waals surface area contributed by atoms with Crippen LogP contribution in [0.2, 0.25) is 0 Å². The Kier molecular flexibility index (Phi) is 5.51. The van der Waals surface area contributed by atoms with Gasteiger partial charge in [-0.1, -0.05) is 0 Å². The summed E-state index contributed by atoms with van der Waals surface area (Å²) in [6.45, 7) is 8.93. The maximum absolute atomic E-state index is 12.1. The van der Waals surface area contributed by atoms with Gasteiger partial charge in [-0.25, -0.2) is 14.8 Å². The third-order valence-electron chi connectivity index (χ3n) is 3.04. The average Bonchev–Trinajstić information content (AvgIpc) is 2.90. The maximum Gasteiger partial charge on any atom is 0.358 e. The van der Waals surface area contributed by atoms with E-state index in [1.807, 2.05) is 0 Å². The first-order chi connectivity index (χ1) is 11.7. The van der Waals surface area contributed by atoms with E-state index in [2.05, 4.69) is 15.1 Å². The van der Waals surface area contributed by atoms with E-state index in [0.29, 0.717) is 17.1 Å². The Balaban J connectivity index is 2.36. The van der Waals surface area contributed by atoms with Crippen molar-refractivity contribution in [3.63, 3.8) is 0 Å². The summed E-state index contributed by atoms with van der Waals surface area (Å²) in [6.07, 6.45) is 3.22. The monoisotopic (exact) mass is 346 g/mol. The molecule has 8 nitrogen and oxygen atoms in total. The fraction of sp³-hybridized carbons (Fsp3) is 0.471. The zero-order chi connectivity index (χ0) is 18.6. The lowest BCUT2D eigenvalue weighted by atomic mass is 10.2. The molecule has 0 unspecified atom stereocenters. The molecule has 8 heteroatoms. The number of ether oxygens (including phenoxy) is 2. The van der Waals surface area contributed by atoms with Crippen molar-refractivity contribution in [3.8, 4) is 11.3 Å². The zero-order valence-electron chi connectivity index (χ0n) is 15.1. The van der Waals surface area contributed by atoms with Crippen molar-refractivity contribution in [1.82, 2.24) is 19.7 Å². The summed E-state index contributed by atoms with van der Waals surface area (Å²) in [5, 5.41) is 4.18. The smallest absolute Gasteiger partial charge is 0.358 e. The highest BCUT2D eigenvalue weighted by Gasteiger charge is 2.21. The van der Waals surface area contributed by atoms with Gasteiger partial charge >= 0.3 is 11.9 Å². The second-order valence-corrected chi connectivity index (χ2v) is 6.40. The van der Waals surface area contributed by atoms with Crippen LogP contribution in [-0.4, -0.2) is 43.9 Å². The van der Waals surface area contributed by atoms with Crippen LogP contribution in [0.5, 0.6) is 0 Å². The molecular weight excluding hydrogens is 324 g/mol. The summed E-state index contributed by atoms with van der Waals surface area (Å²) in [6, 6.07) is 1.55. The predicted molar refractivity (Wildman–Crippen MR) is 89.8 cm³/mol. The van der Waals surface area contributed by atoms with Crippen LogP contribution in [0.25, 0.3) is 11.3 Å². The maximum atomic E-state index is 12.1. The van der Waals surface area contributed by atoms with Crippen LogP contribution in [0.3, 0.4) is 0 Å². The second-order valence-electron chi connectivity index (χ2n) is 6.40.